The Morgan fingerprint density at radius 1 is 1.53 bits per heavy atom. The average molecular weight is 207 g/mol. The lowest BCUT2D eigenvalue weighted by atomic mass is 10.2. The highest BCUT2D eigenvalue weighted by Gasteiger charge is 2.30. The Hall–Kier alpha value is -1.22. The molecule has 1 fully saturated rings. The van der Waals surface area contributed by atoms with Gasteiger partial charge in [0.05, 0.1) is 19.8 Å². The van der Waals surface area contributed by atoms with Gasteiger partial charge in [0, 0.05) is 11.8 Å². The van der Waals surface area contributed by atoms with Crippen LogP contribution in [0.3, 0.4) is 0 Å². The van der Waals surface area contributed by atoms with E-state index in [0.29, 0.717) is 5.92 Å². The number of benzene rings is 1. The van der Waals surface area contributed by atoms with Crippen molar-refractivity contribution in [1.29, 1.82) is 0 Å². The highest BCUT2D eigenvalue weighted by Crippen LogP contribution is 2.34. The molecule has 0 radical (unpaired) electrons. The minimum absolute atomic E-state index is 0.192. The summed E-state index contributed by atoms with van der Waals surface area (Å²) < 4.78 is 5.14. The first kappa shape index (κ1) is 10.3. The molecule has 0 amide bonds. The number of hydrogen-bond acceptors (Lipinski definition) is 3. The zero-order valence-electron chi connectivity index (χ0n) is 8.94. The van der Waals surface area contributed by atoms with Gasteiger partial charge in [-0.05, 0) is 30.9 Å². The quantitative estimate of drug-likeness (QED) is 0.774. The summed E-state index contributed by atoms with van der Waals surface area (Å²) in [5.74, 6) is 1.48. The Labute approximate surface area is 90.1 Å². The molecule has 0 saturated heterocycles. The van der Waals surface area contributed by atoms with Crippen LogP contribution in [0.15, 0.2) is 24.3 Å². The molecule has 3 heteroatoms. The Bertz CT molecular complexity index is 323. The molecule has 0 spiro atoms. The van der Waals surface area contributed by atoms with Crippen LogP contribution in [0.5, 0.6) is 5.75 Å². The molecule has 0 heterocycles. The van der Waals surface area contributed by atoms with Gasteiger partial charge in [0.15, 0.2) is 0 Å². The molecule has 1 saturated carbocycles. The van der Waals surface area contributed by atoms with Crippen LogP contribution < -0.4 is 10.1 Å². The largest absolute Gasteiger partial charge is 0.497 e. The standard InChI is InChI=1S/C12H17NO2/c1-15-11-4-2-3-10(7-11)13-12(8-14)9-5-6-9/h2-4,7,9,12-14H,5-6,8H2,1H3. The van der Waals surface area contributed by atoms with Crippen molar-refractivity contribution < 1.29 is 9.84 Å². The molecule has 1 unspecified atom stereocenters. The van der Waals surface area contributed by atoms with E-state index < -0.39 is 0 Å². The van der Waals surface area contributed by atoms with Crippen molar-refractivity contribution in [3.63, 3.8) is 0 Å². The Morgan fingerprint density at radius 3 is 2.93 bits per heavy atom. The molecule has 1 aromatic carbocycles. The molecule has 0 bridgehead atoms. The third-order valence-electron chi connectivity index (χ3n) is 2.81. The number of hydrogen-bond donors (Lipinski definition) is 2. The van der Waals surface area contributed by atoms with E-state index in [-0.39, 0.29) is 12.6 Å². The molecule has 1 atom stereocenters. The van der Waals surface area contributed by atoms with E-state index in [4.69, 9.17) is 4.74 Å². The van der Waals surface area contributed by atoms with Crippen molar-refractivity contribution in [2.24, 2.45) is 5.92 Å². The maximum absolute atomic E-state index is 9.23. The molecule has 82 valence electrons. The summed E-state index contributed by atoms with van der Waals surface area (Å²) in [4.78, 5) is 0. The maximum Gasteiger partial charge on any atom is 0.120 e. The van der Waals surface area contributed by atoms with Crippen LogP contribution in [0.2, 0.25) is 0 Å². The van der Waals surface area contributed by atoms with Crippen LogP contribution in [0.1, 0.15) is 12.8 Å². The molecule has 1 aliphatic carbocycles. The summed E-state index contributed by atoms with van der Waals surface area (Å²) in [6, 6.07) is 7.99. The highest BCUT2D eigenvalue weighted by molar-refractivity contribution is 5.49. The number of rotatable bonds is 5. The summed E-state index contributed by atoms with van der Waals surface area (Å²) in [6.45, 7) is 0.196. The molecule has 2 rings (SSSR count). The fourth-order valence-corrected chi connectivity index (χ4v) is 1.74. The fraction of sp³-hybridized carbons (Fsp3) is 0.500. The summed E-state index contributed by atoms with van der Waals surface area (Å²) >= 11 is 0. The van der Waals surface area contributed by atoms with E-state index in [9.17, 15) is 5.11 Å². The molecule has 0 aliphatic heterocycles. The SMILES string of the molecule is COc1cccc(NC(CO)C2CC2)c1. The van der Waals surface area contributed by atoms with Crippen LogP contribution >= 0.6 is 0 Å². The zero-order valence-corrected chi connectivity index (χ0v) is 8.94. The van der Waals surface area contributed by atoms with Crippen LogP contribution in [0, 0.1) is 5.92 Å². The third-order valence-corrected chi connectivity index (χ3v) is 2.81. The van der Waals surface area contributed by atoms with Gasteiger partial charge in [0.25, 0.3) is 0 Å². The minimum Gasteiger partial charge on any atom is -0.497 e. The molecule has 2 N–H and O–H groups in total. The Balaban J connectivity index is 2.01. The van der Waals surface area contributed by atoms with Crippen molar-refractivity contribution in [2.75, 3.05) is 19.0 Å². The first-order valence-electron chi connectivity index (χ1n) is 5.35. The van der Waals surface area contributed by atoms with Crippen molar-refractivity contribution in [3.8, 4) is 5.75 Å². The minimum atomic E-state index is 0.192. The van der Waals surface area contributed by atoms with Gasteiger partial charge in [-0.1, -0.05) is 6.07 Å². The number of nitrogens with one attached hydrogen (secondary N) is 1. The van der Waals surface area contributed by atoms with Crippen molar-refractivity contribution in [3.05, 3.63) is 24.3 Å². The van der Waals surface area contributed by atoms with E-state index >= 15 is 0 Å². The lowest BCUT2D eigenvalue weighted by molar-refractivity contribution is 0.263. The van der Waals surface area contributed by atoms with Crippen LogP contribution in [0.4, 0.5) is 5.69 Å². The second-order valence-corrected chi connectivity index (χ2v) is 4.00. The van der Waals surface area contributed by atoms with E-state index in [1.54, 1.807) is 7.11 Å². The van der Waals surface area contributed by atoms with Crippen molar-refractivity contribution in [2.45, 2.75) is 18.9 Å². The van der Waals surface area contributed by atoms with Crippen molar-refractivity contribution >= 4 is 5.69 Å². The van der Waals surface area contributed by atoms with Gasteiger partial charge in [-0.2, -0.15) is 0 Å². The topological polar surface area (TPSA) is 41.5 Å². The lowest BCUT2D eigenvalue weighted by Gasteiger charge is -2.17. The van der Waals surface area contributed by atoms with Crippen LogP contribution in [0.25, 0.3) is 0 Å². The number of methoxy groups -OCH3 is 1. The maximum atomic E-state index is 9.23. The van der Waals surface area contributed by atoms with Gasteiger partial charge in [-0.3, -0.25) is 0 Å². The molecule has 0 aromatic heterocycles. The first-order chi connectivity index (χ1) is 7.33. The Morgan fingerprint density at radius 2 is 2.33 bits per heavy atom. The molecule has 1 aliphatic rings. The third kappa shape index (κ3) is 2.63. The predicted octanol–water partition coefficient (Wildman–Crippen LogP) is 1.88. The van der Waals surface area contributed by atoms with E-state index in [1.165, 1.54) is 12.8 Å². The fourth-order valence-electron chi connectivity index (χ4n) is 1.74. The van der Waals surface area contributed by atoms with Crippen LogP contribution in [-0.2, 0) is 0 Å². The summed E-state index contributed by atoms with van der Waals surface area (Å²) in [6.07, 6.45) is 2.45. The summed E-state index contributed by atoms with van der Waals surface area (Å²) in [5.41, 5.74) is 1.01. The van der Waals surface area contributed by atoms with Crippen molar-refractivity contribution in [1.82, 2.24) is 0 Å². The average Bonchev–Trinajstić information content (AvgIpc) is 3.10. The van der Waals surface area contributed by atoms with Gasteiger partial charge in [-0.25, -0.2) is 0 Å². The normalized spacial score (nSPS) is 17.2. The molecule has 1 aromatic rings. The van der Waals surface area contributed by atoms with E-state index in [1.807, 2.05) is 24.3 Å². The number of ether oxygens (including phenoxy) is 1. The van der Waals surface area contributed by atoms with Gasteiger partial charge >= 0.3 is 0 Å². The van der Waals surface area contributed by atoms with Gasteiger partial charge < -0.3 is 15.2 Å². The molecular weight excluding hydrogens is 190 g/mol. The number of aliphatic hydroxyl groups excluding tert-OH is 1. The first-order valence-corrected chi connectivity index (χ1v) is 5.35. The molecule has 15 heavy (non-hydrogen) atoms. The highest BCUT2D eigenvalue weighted by atomic mass is 16.5. The summed E-state index contributed by atoms with van der Waals surface area (Å²) in [7, 11) is 1.66. The second kappa shape index (κ2) is 4.53. The molecular formula is C12H17NO2. The number of aliphatic hydroxyl groups is 1. The van der Waals surface area contributed by atoms with E-state index in [2.05, 4.69) is 5.32 Å². The van der Waals surface area contributed by atoms with Gasteiger partial charge in [0.2, 0.25) is 0 Å². The Kier molecular flexibility index (Phi) is 3.11. The zero-order chi connectivity index (χ0) is 10.7. The van der Waals surface area contributed by atoms with Gasteiger partial charge in [-0.15, -0.1) is 0 Å². The monoisotopic (exact) mass is 207 g/mol. The number of anilines is 1. The summed E-state index contributed by atoms with van der Waals surface area (Å²) in [5, 5.41) is 12.6. The predicted molar refractivity (Wildman–Crippen MR) is 60.2 cm³/mol. The van der Waals surface area contributed by atoms with Gasteiger partial charge in [0.1, 0.15) is 5.75 Å². The second-order valence-electron chi connectivity index (χ2n) is 4.00. The lowest BCUT2D eigenvalue weighted by Crippen LogP contribution is -2.25. The van der Waals surface area contributed by atoms with Crippen LogP contribution in [-0.4, -0.2) is 24.9 Å². The van der Waals surface area contributed by atoms with E-state index in [0.717, 1.165) is 11.4 Å². The smallest absolute Gasteiger partial charge is 0.120 e. The molecule has 3 nitrogen and oxygen atoms in total.